The number of hydrogen-bond acceptors (Lipinski definition) is 2. The zero-order chi connectivity index (χ0) is 17.5. The van der Waals surface area contributed by atoms with E-state index in [-0.39, 0.29) is 24.9 Å². The summed E-state index contributed by atoms with van der Waals surface area (Å²) in [5, 5.41) is 5.71. The van der Waals surface area contributed by atoms with E-state index in [1.165, 1.54) is 0 Å². The van der Waals surface area contributed by atoms with Gasteiger partial charge in [0.1, 0.15) is 0 Å². The summed E-state index contributed by atoms with van der Waals surface area (Å²) in [6.45, 7) is 2.37. The molecule has 6 heteroatoms. The summed E-state index contributed by atoms with van der Waals surface area (Å²) < 4.78 is 0.827. The number of amides is 2. The summed E-state index contributed by atoms with van der Waals surface area (Å²) in [5.74, 6) is -0.251. The van der Waals surface area contributed by atoms with Crippen LogP contribution in [0.1, 0.15) is 5.56 Å². The molecule has 2 aromatic carbocycles. The third-order valence-corrected chi connectivity index (χ3v) is 4.18. The lowest BCUT2D eigenvalue weighted by molar-refractivity contribution is -0.862. The lowest BCUT2D eigenvalue weighted by Gasteiger charge is -2.14. The molecule has 2 rings (SSSR count). The molecule has 126 valence electrons. The van der Waals surface area contributed by atoms with Crippen LogP contribution in [0.4, 0.5) is 11.4 Å². The first-order chi connectivity index (χ1) is 11.5. The van der Waals surface area contributed by atoms with Gasteiger partial charge in [-0.05, 0) is 46.6 Å². The summed E-state index contributed by atoms with van der Waals surface area (Å²) >= 11 is 3.39. The zero-order valence-electron chi connectivity index (χ0n) is 13.7. The molecule has 1 atom stereocenters. The molecule has 2 aromatic rings. The Balaban J connectivity index is 1.83. The van der Waals surface area contributed by atoms with E-state index in [4.69, 9.17) is 0 Å². The largest absolute Gasteiger partial charge is 0.322 e. The van der Waals surface area contributed by atoms with E-state index in [2.05, 4.69) is 26.6 Å². The quantitative estimate of drug-likeness (QED) is 0.704. The molecular formula is C18H21BrN3O2+. The Morgan fingerprint density at radius 2 is 1.42 bits per heavy atom. The van der Waals surface area contributed by atoms with Crippen LogP contribution in [0, 0.1) is 6.92 Å². The van der Waals surface area contributed by atoms with Gasteiger partial charge in [0.2, 0.25) is 0 Å². The molecular weight excluding hydrogens is 370 g/mol. The summed E-state index contributed by atoms with van der Waals surface area (Å²) in [7, 11) is 1.82. The normalized spacial score (nSPS) is 11.6. The first kappa shape index (κ1) is 18.2. The molecule has 0 aliphatic heterocycles. The number of anilines is 2. The average molecular weight is 391 g/mol. The van der Waals surface area contributed by atoms with E-state index in [0.717, 1.165) is 26.3 Å². The Morgan fingerprint density at radius 1 is 0.917 bits per heavy atom. The van der Waals surface area contributed by atoms with Gasteiger partial charge in [-0.25, -0.2) is 0 Å². The van der Waals surface area contributed by atoms with Crippen molar-refractivity contribution in [2.24, 2.45) is 0 Å². The van der Waals surface area contributed by atoms with Gasteiger partial charge in [-0.1, -0.05) is 30.3 Å². The number of carbonyl (C=O) groups is 2. The molecule has 0 aromatic heterocycles. The van der Waals surface area contributed by atoms with Gasteiger partial charge in [-0.3, -0.25) is 9.59 Å². The van der Waals surface area contributed by atoms with Gasteiger partial charge in [0.25, 0.3) is 11.8 Å². The maximum atomic E-state index is 12.1. The van der Waals surface area contributed by atoms with Crippen LogP contribution < -0.4 is 15.5 Å². The van der Waals surface area contributed by atoms with Crippen LogP contribution in [-0.4, -0.2) is 32.0 Å². The van der Waals surface area contributed by atoms with E-state index in [1.807, 2.05) is 62.5 Å². The van der Waals surface area contributed by atoms with Crippen molar-refractivity contribution in [1.29, 1.82) is 0 Å². The number of halogens is 1. The highest BCUT2D eigenvalue weighted by Crippen LogP contribution is 2.20. The molecule has 0 bridgehead atoms. The predicted molar refractivity (Wildman–Crippen MR) is 99.2 cm³/mol. The van der Waals surface area contributed by atoms with Gasteiger partial charge in [0.15, 0.2) is 13.1 Å². The third kappa shape index (κ3) is 5.47. The fourth-order valence-electron chi connectivity index (χ4n) is 2.28. The van der Waals surface area contributed by atoms with E-state index in [0.29, 0.717) is 0 Å². The topological polar surface area (TPSA) is 62.6 Å². The van der Waals surface area contributed by atoms with Crippen LogP contribution in [-0.2, 0) is 9.59 Å². The first-order valence-electron chi connectivity index (χ1n) is 7.67. The SMILES string of the molecule is Cc1ccccc1NC(=O)C[NH+](C)CC(=O)Nc1ccccc1Br. The standard InChI is InChI=1S/C18H20BrN3O2/c1-13-7-3-5-9-15(13)20-17(23)11-22(2)12-18(24)21-16-10-6-4-8-14(16)19/h3-10H,11-12H2,1-2H3,(H,20,23)(H,21,24)/p+1. The van der Waals surface area contributed by atoms with Gasteiger partial charge in [-0.2, -0.15) is 0 Å². The van der Waals surface area contributed by atoms with Crippen LogP contribution in [0.3, 0.4) is 0 Å². The van der Waals surface area contributed by atoms with E-state index >= 15 is 0 Å². The highest BCUT2D eigenvalue weighted by atomic mass is 79.9. The highest BCUT2D eigenvalue weighted by molar-refractivity contribution is 9.10. The van der Waals surface area contributed by atoms with Crippen molar-refractivity contribution in [1.82, 2.24) is 0 Å². The molecule has 0 heterocycles. The Labute approximate surface area is 150 Å². The van der Waals surface area contributed by atoms with E-state index in [9.17, 15) is 9.59 Å². The highest BCUT2D eigenvalue weighted by Gasteiger charge is 2.15. The smallest absolute Gasteiger partial charge is 0.279 e. The zero-order valence-corrected chi connectivity index (χ0v) is 15.3. The maximum absolute atomic E-state index is 12.1. The van der Waals surface area contributed by atoms with Crippen molar-refractivity contribution < 1.29 is 14.5 Å². The number of nitrogens with one attached hydrogen (secondary N) is 3. The summed E-state index contributed by atoms with van der Waals surface area (Å²) in [5.41, 5.74) is 2.53. The molecule has 3 N–H and O–H groups in total. The monoisotopic (exact) mass is 390 g/mol. The molecule has 0 fully saturated rings. The van der Waals surface area contributed by atoms with Crippen molar-refractivity contribution in [3.63, 3.8) is 0 Å². The second-order valence-corrected chi connectivity index (χ2v) is 6.56. The second-order valence-electron chi connectivity index (χ2n) is 5.70. The molecule has 24 heavy (non-hydrogen) atoms. The molecule has 0 spiro atoms. The summed E-state index contributed by atoms with van der Waals surface area (Å²) in [6, 6.07) is 15.0. The molecule has 5 nitrogen and oxygen atoms in total. The maximum Gasteiger partial charge on any atom is 0.279 e. The summed E-state index contributed by atoms with van der Waals surface area (Å²) in [4.78, 5) is 25.0. The number of benzene rings is 2. The van der Waals surface area contributed by atoms with Gasteiger partial charge < -0.3 is 15.5 Å². The fourth-order valence-corrected chi connectivity index (χ4v) is 2.66. The number of likely N-dealkylation sites (N-methyl/N-ethyl adjacent to an activating group) is 1. The van der Waals surface area contributed by atoms with Gasteiger partial charge >= 0.3 is 0 Å². The number of para-hydroxylation sites is 2. The van der Waals surface area contributed by atoms with Crippen molar-refractivity contribution >= 4 is 39.1 Å². The van der Waals surface area contributed by atoms with Crippen LogP contribution in [0.15, 0.2) is 53.0 Å². The Hall–Kier alpha value is -2.18. The van der Waals surface area contributed by atoms with Crippen LogP contribution in [0.2, 0.25) is 0 Å². The van der Waals surface area contributed by atoms with Gasteiger partial charge in [0, 0.05) is 10.2 Å². The fraction of sp³-hybridized carbons (Fsp3) is 0.222. The van der Waals surface area contributed by atoms with Crippen molar-refractivity contribution in [2.45, 2.75) is 6.92 Å². The molecule has 0 aliphatic carbocycles. The summed E-state index contributed by atoms with van der Waals surface area (Å²) in [6.07, 6.45) is 0. The Kier molecular flexibility index (Phi) is 6.52. The first-order valence-corrected chi connectivity index (χ1v) is 8.46. The minimum absolute atomic E-state index is 0.115. The minimum atomic E-state index is -0.136. The minimum Gasteiger partial charge on any atom is -0.322 e. The molecule has 2 amide bonds. The van der Waals surface area contributed by atoms with E-state index in [1.54, 1.807) is 0 Å². The number of hydrogen-bond donors (Lipinski definition) is 3. The predicted octanol–water partition coefficient (Wildman–Crippen LogP) is 1.85. The molecule has 0 radical (unpaired) electrons. The molecule has 0 saturated carbocycles. The van der Waals surface area contributed by atoms with Crippen molar-refractivity contribution in [3.8, 4) is 0 Å². The second kappa shape index (κ2) is 8.61. The van der Waals surface area contributed by atoms with Gasteiger partial charge in [0.05, 0.1) is 12.7 Å². The van der Waals surface area contributed by atoms with Crippen LogP contribution in [0.25, 0.3) is 0 Å². The Bertz CT molecular complexity index is 672. The average Bonchev–Trinajstić information content (AvgIpc) is 2.51. The number of carbonyl (C=O) groups excluding carboxylic acids is 2. The molecule has 0 saturated heterocycles. The Morgan fingerprint density at radius 3 is 2.00 bits per heavy atom. The number of aryl methyl sites for hydroxylation is 1. The van der Waals surface area contributed by atoms with Crippen molar-refractivity contribution in [3.05, 3.63) is 58.6 Å². The third-order valence-electron chi connectivity index (χ3n) is 3.49. The molecule has 0 aliphatic rings. The van der Waals surface area contributed by atoms with Gasteiger partial charge in [-0.15, -0.1) is 0 Å². The number of quaternary nitrogens is 1. The van der Waals surface area contributed by atoms with E-state index < -0.39 is 0 Å². The lowest BCUT2D eigenvalue weighted by atomic mass is 10.2. The van der Waals surface area contributed by atoms with Crippen LogP contribution in [0.5, 0.6) is 0 Å². The number of rotatable bonds is 6. The van der Waals surface area contributed by atoms with Crippen LogP contribution >= 0.6 is 15.9 Å². The lowest BCUT2D eigenvalue weighted by Crippen LogP contribution is -3.11. The van der Waals surface area contributed by atoms with Crippen molar-refractivity contribution in [2.75, 3.05) is 30.8 Å². The molecule has 1 unspecified atom stereocenters.